The maximum absolute atomic E-state index is 13.2. The topological polar surface area (TPSA) is 77.5 Å². The number of rotatable bonds is 13. The molecule has 0 unspecified atom stereocenters. The second-order valence-electron chi connectivity index (χ2n) is 16.2. The summed E-state index contributed by atoms with van der Waals surface area (Å²) in [5.74, 6) is 2.07. The predicted molar refractivity (Wildman–Crippen MR) is 196 cm³/mol. The van der Waals surface area contributed by atoms with Crippen molar-refractivity contribution in [3.63, 3.8) is 0 Å². The van der Waals surface area contributed by atoms with Crippen molar-refractivity contribution in [3.8, 4) is 12.3 Å². The molecule has 0 aromatic rings. The summed E-state index contributed by atoms with van der Waals surface area (Å²) in [5.41, 5.74) is 0.448. The van der Waals surface area contributed by atoms with Gasteiger partial charge >= 0.3 is 0 Å². The zero-order valence-electron chi connectivity index (χ0n) is 31.1. The molecule has 3 heterocycles. The Morgan fingerprint density at radius 3 is 2.53 bits per heavy atom. The van der Waals surface area contributed by atoms with Crippen LogP contribution in [0.4, 0.5) is 0 Å². The van der Waals surface area contributed by atoms with E-state index in [2.05, 4.69) is 59.7 Å². The van der Waals surface area contributed by atoms with Crippen LogP contribution in [0.25, 0.3) is 0 Å². The first-order valence-electron chi connectivity index (χ1n) is 17.9. The van der Waals surface area contributed by atoms with Gasteiger partial charge in [-0.3, -0.25) is 9.69 Å². The number of hydrogen-bond donors (Lipinski definition) is 1. The van der Waals surface area contributed by atoms with E-state index in [9.17, 15) is 9.90 Å². The van der Waals surface area contributed by atoms with Crippen molar-refractivity contribution in [1.29, 1.82) is 0 Å². The molecule has 7 nitrogen and oxygen atoms in total. The van der Waals surface area contributed by atoms with E-state index < -0.39 is 37.8 Å². The summed E-state index contributed by atoms with van der Waals surface area (Å²) in [6, 6.07) is -0.112. The number of carbonyl (C=O) groups excluding carboxylic acids is 1. The van der Waals surface area contributed by atoms with Gasteiger partial charge in [-0.15, -0.1) is 6.42 Å². The third-order valence-corrected chi connectivity index (χ3v) is 15.9. The molecule has 0 bridgehead atoms. The largest absolute Gasteiger partial charge is 0.468 e. The molecule has 8 atom stereocenters. The molecule has 3 saturated heterocycles. The third kappa shape index (κ3) is 9.37. The zero-order valence-corrected chi connectivity index (χ0v) is 32.9. The van der Waals surface area contributed by atoms with Crippen LogP contribution in [-0.2, 0) is 23.4 Å². The fourth-order valence-corrected chi connectivity index (χ4v) is 8.08. The van der Waals surface area contributed by atoms with Crippen molar-refractivity contribution >= 4 is 31.6 Å². The Bertz CT molecular complexity index is 1200. The molecule has 3 fully saturated rings. The lowest BCUT2D eigenvalue weighted by Gasteiger charge is -2.46. The minimum absolute atomic E-state index is 0.00533. The second-order valence-corrected chi connectivity index (χ2v) is 21.3. The van der Waals surface area contributed by atoms with E-state index in [1.54, 1.807) is 13.0 Å². The van der Waals surface area contributed by atoms with Crippen LogP contribution in [0, 0.1) is 30.1 Å². The molecule has 1 spiro atoms. The number of hydrogen-bond acceptors (Lipinski definition) is 7. The van der Waals surface area contributed by atoms with E-state index in [-0.39, 0.29) is 34.2 Å². The molecule has 0 saturated carbocycles. The second kappa shape index (κ2) is 16.0. The van der Waals surface area contributed by atoms with E-state index in [0.29, 0.717) is 12.5 Å². The molecule has 1 N–H and O–H groups in total. The maximum Gasteiger partial charge on any atom is 0.266 e. The van der Waals surface area contributed by atoms with Crippen LogP contribution >= 0.6 is 12.2 Å². The number of aliphatic hydroxyl groups excluding tert-OH is 1. The lowest BCUT2D eigenvalue weighted by atomic mass is 9.86. The van der Waals surface area contributed by atoms with Crippen LogP contribution in [-0.4, -0.2) is 71.8 Å². The van der Waals surface area contributed by atoms with Gasteiger partial charge in [-0.1, -0.05) is 98.0 Å². The zero-order chi connectivity index (χ0) is 35.4. The average molecular weight is 690 g/mol. The predicted octanol–water partition coefficient (Wildman–Crippen LogP) is 8.32. The lowest BCUT2D eigenvalue weighted by molar-refractivity contribution is -0.306. The Balaban J connectivity index is 1.69. The van der Waals surface area contributed by atoms with Crippen molar-refractivity contribution in [3.05, 3.63) is 23.8 Å². The minimum Gasteiger partial charge on any atom is -0.468 e. The molecule has 47 heavy (non-hydrogen) atoms. The third-order valence-electron chi connectivity index (χ3n) is 11.1. The molecule has 3 rings (SSSR count). The maximum atomic E-state index is 13.2. The van der Waals surface area contributed by atoms with Crippen molar-refractivity contribution in [1.82, 2.24) is 4.90 Å². The Morgan fingerprint density at radius 2 is 1.94 bits per heavy atom. The van der Waals surface area contributed by atoms with Gasteiger partial charge in [0.05, 0.1) is 24.2 Å². The minimum atomic E-state index is -2.13. The first-order chi connectivity index (χ1) is 21.8. The van der Waals surface area contributed by atoms with Gasteiger partial charge in [0.15, 0.2) is 14.1 Å². The van der Waals surface area contributed by atoms with Crippen LogP contribution in [0.2, 0.25) is 18.1 Å². The Morgan fingerprint density at radius 1 is 1.26 bits per heavy atom. The summed E-state index contributed by atoms with van der Waals surface area (Å²) in [6.45, 7) is 23.9. The monoisotopic (exact) mass is 689 g/mol. The highest BCUT2D eigenvalue weighted by atomic mass is 32.1. The highest BCUT2D eigenvalue weighted by Crippen LogP contribution is 2.51. The summed E-state index contributed by atoms with van der Waals surface area (Å²) in [6.07, 6.45) is 17.7. The molecular weight excluding hydrogens is 627 g/mol. The number of amides is 1. The Hall–Kier alpha value is -1.54. The molecule has 0 aliphatic carbocycles. The van der Waals surface area contributed by atoms with E-state index in [4.69, 9.17) is 37.3 Å². The van der Waals surface area contributed by atoms with E-state index in [0.717, 1.165) is 56.9 Å². The number of allylic oxidation sites excluding steroid dienone is 2. The van der Waals surface area contributed by atoms with Gasteiger partial charge in [0, 0.05) is 12.8 Å². The molecule has 9 heteroatoms. The molecule has 266 valence electrons. The first kappa shape index (κ1) is 39.9. The quantitative estimate of drug-likeness (QED) is 0.0902. The van der Waals surface area contributed by atoms with Gasteiger partial charge in [-0.05, 0) is 74.8 Å². The molecule has 3 aliphatic rings. The highest BCUT2D eigenvalue weighted by molar-refractivity contribution is 7.80. The Kier molecular flexibility index (Phi) is 13.6. The van der Waals surface area contributed by atoms with Gasteiger partial charge in [0.1, 0.15) is 18.3 Å². The standard InChI is InChI=1S/C38H63NO6SSi/c1-13-15-21-37(33(14-2)44-47(11,12)36(8,9)10)23-24-38(45-37)22-20-28(6)32(43-38)19-17-27(5)16-18-31(40)29(7)34(41)39-30(26(3)4)25-42-35(39)46/h2,16-18,26,28-33,40H,13,15,19-25H2,1,3-12H3/b18-16+,27-17+/t28-,29+,30+,31-,32+,33-,37+,38-/m0/s1. The van der Waals surface area contributed by atoms with Crippen molar-refractivity contribution in [2.45, 2.75) is 168 Å². The molecule has 1 amide bonds. The number of terminal acetylenes is 1. The fraction of sp³-hybridized carbons (Fsp3) is 0.789. The number of nitrogens with zero attached hydrogens (tertiary/aromatic N) is 1. The van der Waals surface area contributed by atoms with Crippen molar-refractivity contribution in [2.24, 2.45) is 17.8 Å². The van der Waals surface area contributed by atoms with Gasteiger partial charge in [-0.2, -0.15) is 0 Å². The van der Waals surface area contributed by atoms with Crippen LogP contribution in [0.3, 0.4) is 0 Å². The van der Waals surface area contributed by atoms with E-state index in [1.807, 2.05) is 26.8 Å². The van der Waals surface area contributed by atoms with Crippen LogP contribution in [0.1, 0.15) is 114 Å². The first-order valence-corrected chi connectivity index (χ1v) is 21.2. The Labute approximate surface area is 292 Å². The SMILES string of the molecule is C#C[C@H](O[Si](C)(C)C(C)(C)C)[C@@]1(CCCC)CC[C@]2(CC[C@H](C)[C@@H](C/C=C(C)/C=C/[C@H](O)[C@@H](C)C(=O)N3C(=S)OC[C@@H]3C(C)C)O2)O1. The van der Waals surface area contributed by atoms with Crippen LogP contribution in [0.5, 0.6) is 0 Å². The van der Waals surface area contributed by atoms with Gasteiger partial charge < -0.3 is 23.7 Å². The molecule has 0 radical (unpaired) electrons. The summed E-state index contributed by atoms with van der Waals surface area (Å²) in [4.78, 5) is 14.8. The fourth-order valence-electron chi connectivity index (χ4n) is 6.56. The number of carbonyl (C=O) groups is 1. The summed E-state index contributed by atoms with van der Waals surface area (Å²) < 4.78 is 26.3. The summed E-state index contributed by atoms with van der Waals surface area (Å²) in [7, 11) is -2.13. The number of unbranched alkanes of at least 4 members (excludes halogenated alkanes) is 1. The van der Waals surface area contributed by atoms with Crippen molar-refractivity contribution < 1.29 is 28.5 Å². The number of ether oxygens (including phenoxy) is 3. The van der Waals surface area contributed by atoms with Gasteiger partial charge in [-0.25, -0.2) is 0 Å². The average Bonchev–Trinajstić information content (AvgIpc) is 3.57. The summed E-state index contributed by atoms with van der Waals surface area (Å²) >= 11 is 5.29. The molecule has 0 aromatic heterocycles. The summed E-state index contributed by atoms with van der Waals surface area (Å²) in [5, 5.41) is 11.1. The van der Waals surface area contributed by atoms with Crippen molar-refractivity contribution in [2.75, 3.05) is 6.61 Å². The molecule has 0 aromatic carbocycles. The lowest BCUT2D eigenvalue weighted by Crippen LogP contribution is -2.54. The normalized spacial score (nSPS) is 31.0. The van der Waals surface area contributed by atoms with Gasteiger partial charge in [0.25, 0.3) is 5.17 Å². The molecular formula is C38H63NO6SSi. The number of thiocarbonyl (C=S) groups is 1. The molecule has 3 aliphatic heterocycles. The van der Waals surface area contributed by atoms with Crippen LogP contribution in [0.15, 0.2) is 23.8 Å². The van der Waals surface area contributed by atoms with Crippen LogP contribution < -0.4 is 0 Å². The smallest absolute Gasteiger partial charge is 0.266 e. The van der Waals surface area contributed by atoms with E-state index in [1.165, 1.54) is 4.90 Å². The highest BCUT2D eigenvalue weighted by Gasteiger charge is 2.57. The van der Waals surface area contributed by atoms with E-state index >= 15 is 0 Å². The number of aliphatic hydroxyl groups is 1. The van der Waals surface area contributed by atoms with Gasteiger partial charge in [0.2, 0.25) is 5.91 Å².